The van der Waals surface area contributed by atoms with Gasteiger partial charge in [0.15, 0.2) is 0 Å². The smallest absolute Gasteiger partial charge is 0.254 e. The lowest BCUT2D eigenvalue weighted by Crippen LogP contribution is -2.49. The Labute approximate surface area is 304 Å². The molecule has 1 heterocycles. The van der Waals surface area contributed by atoms with Gasteiger partial charge in [0.25, 0.3) is 5.91 Å². The summed E-state index contributed by atoms with van der Waals surface area (Å²) in [6.45, 7) is 18.1. The van der Waals surface area contributed by atoms with Crippen LogP contribution in [0.1, 0.15) is 107 Å². The average Bonchev–Trinajstić information content (AvgIpc) is 3.24. The van der Waals surface area contributed by atoms with Crippen LogP contribution in [-0.4, -0.2) is 50.5 Å². The van der Waals surface area contributed by atoms with E-state index in [0.717, 1.165) is 75.9 Å². The predicted octanol–water partition coefficient (Wildman–Crippen LogP) is 8.88. The molecule has 2 aliphatic carbocycles. The van der Waals surface area contributed by atoms with Crippen LogP contribution in [0.2, 0.25) is 0 Å². The Morgan fingerprint density at radius 3 is 2.54 bits per heavy atom. The van der Waals surface area contributed by atoms with E-state index in [4.69, 9.17) is 9.47 Å². The van der Waals surface area contributed by atoms with Gasteiger partial charge in [0.05, 0.1) is 18.4 Å². The van der Waals surface area contributed by atoms with E-state index in [-0.39, 0.29) is 18.9 Å². The Bertz CT molecular complexity index is 1540. The van der Waals surface area contributed by atoms with Gasteiger partial charge in [-0.05, 0) is 86.6 Å². The molecule has 1 spiro atoms. The minimum atomic E-state index is -1.54. The van der Waals surface area contributed by atoms with E-state index in [1.807, 2.05) is 24.3 Å². The number of hydrogen-bond donors (Lipinski definition) is 1. The van der Waals surface area contributed by atoms with Crippen LogP contribution in [-0.2, 0) is 36.2 Å². The number of amides is 2. The summed E-state index contributed by atoms with van der Waals surface area (Å²) >= 11 is 0. The molecule has 8 nitrogen and oxygen atoms in total. The number of anilines is 1. The lowest BCUT2D eigenvalue weighted by Gasteiger charge is -2.46. The minimum Gasteiger partial charge on any atom is -0.490 e. The minimum absolute atomic E-state index is 0. The van der Waals surface area contributed by atoms with Crippen LogP contribution in [0.25, 0.3) is 0 Å². The quantitative estimate of drug-likeness (QED) is 0.134. The second kappa shape index (κ2) is 20.4. The van der Waals surface area contributed by atoms with Crippen molar-refractivity contribution in [1.82, 2.24) is 0 Å². The second-order valence-electron chi connectivity index (χ2n) is 13.8. The summed E-state index contributed by atoms with van der Waals surface area (Å²) in [5.41, 5.74) is 9.98. The summed E-state index contributed by atoms with van der Waals surface area (Å²) in [6, 6.07) is 12.4. The molecule has 2 N–H and O–H groups in total. The van der Waals surface area contributed by atoms with Gasteiger partial charge < -0.3 is 28.7 Å². The summed E-state index contributed by atoms with van der Waals surface area (Å²) in [5, 5.41) is 0. The first-order valence-electron chi connectivity index (χ1n) is 18.4. The zero-order valence-electron chi connectivity index (χ0n) is 31.1. The van der Waals surface area contributed by atoms with Gasteiger partial charge in [-0.2, -0.15) is 10.6 Å². The van der Waals surface area contributed by atoms with Crippen LogP contribution in [0, 0.1) is 18.8 Å². The molecule has 0 aromatic heterocycles. The van der Waals surface area contributed by atoms with E-state index in [9.17, 15) is 13.8 Å². The SMILES string of the molecule is C=CCCCC[S-](=O)=NC(=O)c1ccc2c(c1)N(C[C@@H]1CC[C@H]1[C@H](C=C)OC)C[C@@]1(CCCc3cc(C)ccc31)CO2.CCC.CCC(N)=O.[HH]. The number of fused-ring (bicyclic) bond motifs is 3. The van der Waals surface area contributed by atoms with Gasteiger partial charge in [0.1, 0.15) is 5.75 Å². The molecule has 1 fully saturated rings. The molecular weight excluding hydrogens is 647 g/mol. The van der Waals surface area contributed by atoms with Gasteiger partial charge in [-0.3, -0.25) is 9.59 Å². The number of carbonyl (C=O) groups is 2. The summed E-state index contributed by atoms with van der Waals surface area (Å²) in [4.78, 5) is 25.2. The Balaban J connectivity index is 0.000000908. The number of aryl methyl sites for hydroxylation is 2. The van der Waals surface area contributed by atoms with E-state index < -0.39 is 16.5 Å². The maximum Gasteiger partial charge on any atom is 0.254 e. The monoisotopic (exact) mass is 708 g/mol. The first kappa shape index (κ1) is 41.0. The molecule has 5 rings (SSSR count). The second-order valence-corrected chi connectivity index (χ2v) is 15.1. The Hall–Kier alpha value is -3.43. The molecular formula is C41H62N3O5S-. The number of carbonyl (C=O) groups excluding carboxylic acids is 2. The average molecular weight is 709 g/mol. The van der Waals surface area contributed by atoms with Gasteiger partial charge in [-0.25, -0.2) is 0 Å². The maximum absolute atomic E-state index is 13.2. The van der Waals surface area contributed by atoms with E-state index >= 15 is 0 Å². The summed E-state index contributed by atoms with van der Waals surface area (Å²) in [6.07, 6.45) is 13.5. The van der Waals surface area contributed by atoms with Gasteiger partial charge in [0.2, 0.25) is 5.91 Å². The van der Waals surface area contributed by atoms with Crippen molar-refractivity contribution in [3.8, 4) is 5.75 Å². The third kappa shape index (κ3) is 11.0. The number of unbranched alkanes of at least 4 members (excludes halogenated alkanes) is 2. The van der Waals surface area contributed by atoms with Crippen LogP contribution in [0.15, 0.2) is 66.1 Å². The zero-order chi connectivity index (χ0) is 36.7. The number of ether oxygens (including phenoxy) is 2. The van der Waals surface area contributed by atoms with Gasteiger partial charge in [-0.15, -0.1) is 13.2 Å². The molecule has 3 aliphatic rings. The summed E-state index contributed by atoms with van der Waals surface area (Å²) < 4.78 is 28.9. The first-order chi connectivity index (χ1) is 24.1. The van der Waals surface area contributed by atoms with E-state index in [1.54, 1.807) is 20.1 Å². The van der Waals surface area contributed by atoms with Gasteiger partial charge in [-0.1, -0.05) is 81.7 Å². The molecule has 1 aliphatic heterocycles. The van der Waals surface area contributed by atoms with E-state index in [1.165, 1.54) is 23.1 Å². The lowest BCUT2D eigenvalue weighted by atomic mass is 9.68. The first-order valence-corrected chi connectivity index (χ1v) is 19.6. The third-order valence-electron chi connectivity index (χ3n) is 9.85. The van der Waals surface area contributed by atoms with Crippen molar-refractivity contribution in [3.05, 3.63) is 84.0 Å². The highest BCUT2D eigenvalue weighted by atomic mass is 32.2. The van der Waals surface area contributed by atoms with Crippen molar-refractivity contribution in [1.29, 1.82) is 0 Å². The van der Waals surface area contributed by atoms with Crippen molar-refractivity contribution in [2.24, 2.45) is 21.9 Å². The predicted molar refractivity (Wildman–Crippen MR) is 208 cm³/mol. The topological polar surface area (TPSA) is 111 Å². The molecule has 2 aromatic rings. The molecule has 4 atom stereocenters. The lowest BCUT2D eigenvalue weighted by molar-refractivity contribution is -0.117. The molecule has 0 saturated heterocycles. The highest BCUT2D eigenvalue weighted by molar-refractivity contribution is 7.75. The molecule has 2 aromatic carbocycles. The maximum atomic E-state index is 13.2. The molecule has 278 valence electrons. The van der Waals surface area contributed by atoms with Crippen LogP contribution >= 0.6 is 0 Å². The Kier molecular flexibility index (Phi) is 16.7. The number of nitrogens with zero attached hydrogens (tertiary/aromatic N) is 2. The standard InChI is InChI=1S/C35H45N2O4S.C3H7NO.C3H8.H2/c1-5-7-8-9-19-42(39)36-34(38)27-14-17-33-31(21-27)37(22-28-13-15-29(28)32(6-2)40-4)23-35(24-41-33)18-10-11-26-20-25(3)12-16-30(26)35;1-2-3(4)5;1-3-2;/h5-6,12,14,16-17,20-21,28-29,32H,1-2,7-11,13,15,18-19,22-24H2,3-4H3;2H2,1H3,(H2,4,5);3H2,1-2H3;1H/q-1;;;/t28-,29+,32-,35-;;;/m0.../s1. The summed E-state index contributed by atoms with van der Waals surface area (Å²) in [7, 11) is 0.217. The fourth-order valence-corrected chi connectivity index (χ4v) is 7.93. The number of hydrogen-bond acceptors (Lipinski definition) is 7. The van der Waals surface area contributed by atoms with Crippen molar-refractivity contribution >= 4 is 28.1 Å². The number of primary amides is 1. The largest absolute Gasteiger partial charge is 0.490 e. The van der Waals surface area contributed by atoms with Gasteiger partial charge >= 0.3 is 0 Å². The molecule has 0 radical (unpaired) electrons. The van der Waals surface area contributed by atoms with E-state index in [0.29, 0.717) is 36.2 Å². The van der Waals surface area contributed by atoms with Crippen LogP contribution in [0.4, 0.5) is 5.69 Å². The van der Waals surface area contributed by atoms with Crippen LogP contribution in [0.5, 0.6) is 5.75 Å². The summed E-state index contributed by atoms with van der Waals surface area (Å²) in [5.74, 6) is 1.35. The number of rotatable bonds is 12. The number of allylic oxidation sites excluding steroid dienone is 1. The Morgan fingerprint density at radius 1 is 1.18 bits per heavy atom. The normalized spacial score (nSPS) is 21.7. The highest BCUT2D eigenvalue weighted by Crippen LogP contribution is 2.46. The van der Waals surface area contributed by atoms with E-state index in [2.05, 4.69) is 67.1 Å². The van der Waals surface area contributed by atoms with Gasteiger partial charge in [0, 0.05) is 39.0 Å². The Morgan fingerprint density at radius 2 is 1.92 bits per heavy atom. The van der Waals surface area contributed by atoms with Crippen molar-refractivity contribution < 1.29 is 24.7 Å². The van der Waals surface area contributed by atoms with Crippen molar-refractivity contribution in [3.63, 3.8) is 0 Å². The van der Waals surface area contributed by atoms with Crippen molar-refractivity contribution in [2.45, 2.75) is 103 Å². The number of benzene rings is 2. The van der Waals surface area contributed by atoms with Crippen LogP contribution < -0.4 is 15.4 Å². The molecule has 1 saturated carbocycles. The molecule has 9 heteroatoms. The van der Waals surface area contributed by atoms with Crippen LogP contribution in [0.3, 0.4) is 0 Å². The fourth-order valence-electron chi connectivity index (χ4n) is 7.10. The molecule has 0 unspecified atom stereocenters. The fraction of sp³-hybridized carbons (Fsp3) is 0.561. The zero-order valence-corrected chi connectivity index (χ0v) is 31.9. The molecule has 50 heavy (non-hydrogen) atoms. The molecule has 0 bridgehead atoms. The number of nitrogens with two attached hydrogens (primary N) is 1. The van der Waals surface area contributed by atoms with Crippen molar-refractivity contribution in [2.75, 3.05) is 37.5 Å². The third-order valence-corrected chi connectivity index (χ3v) is 10.9. The highest BCUT2D eigenvalue weighted by Gasteiger charge is 2.44. The molecule has 2 amide bonds. The number of methoxy groups -OCH3 is 1.